The number of rotatable bonds is 3. The molecule has 11 heteroatoms. The van der Waals surface area contributed by atoms with Gasteiger partial charge in [-0.15, -0.1) is 0 Å². The van der Waals surface area contributed by atoms with Crippen LogP contribution in [0.15, 0.2) is 29.3 Å². The van der Waals surface area contributed by atoms with Crippen molar-refractivity contribution in [2.24, 2.45) is 0 Å². The molecule has 3 atom stereocenters. The summed E-state index contributed by atoms with van der Waals surface area (Å²) < 4.78 is 46.7. The van der Waals surface area contributed by atoms with Crippen LogP contribution < -0.4 is 5.32 Å². The molecule has 32 heavy (non-hydrogen) atoms. The molecule has 0 radical (unpaired) electrons. The van der Waals surface area contributed by atoms with Crippen molar-refractivity contribution in [2.45, 2.75) is 57.0 Å². The zero-order chi connectivity index (χ0) is 22.8. The number of aromatic nitrogens is 1. The van der Waals surface area contributed by atoms with E-state index in [0.717, 1.165) is 6.42 Å². The van der Waals surface area contributed by atoms with Gasteiger partial charge in [-0.25, -0.2) is 4.39 Å². The molecule has 1 spiro atoms. The van der Waals surface area contributed by atoms with E-state index >= 15 is 0 Å². The molecule has 2 N–H and O–H groups in total. The summed E-state index contributed by atoms with van der Waals surface area (Å²) >= 11 is 0. The van der Waals surface area contributed by atoms with E-state index in [9.17, 15) is 27.9 Å². The Bertz CT molecular complexity index is 1070. The summed E-state index contributed by atoms with van der Waals surface area (Å²) in [5.41, 5.74) is -1.14. The largest absolute Gasteiger partial charge is 0.510 e. The summed E-state index contributed by atoms with van der Waals surface area (Å²) in [6.07, 6.45) is 3.47. The molecule has 4 aliphatic rings. The molecule has 1 aliphatic carbocycles. The van der Waals surface area contributed by atoms with Crippen LogP contribution in [-0.4, -0.2) is 56.1 Å². The molecule has 2 saturated heterocycles. The topological polar surface area (TPSA) is 95.0 Å². The zero-order valence-electron chi connectivity index (χ0n) is 17.2. The Labute approximate surface area is 181 Å². The first-order chi connectivity index (χ1) is 15.2. The lowest BCUT2D eigenvalue weighted by atomic mass is 9.93. The van der Waals surface area contributed by atoms with Gasteiger partial charge in [0.15, 0.2) is 5.72 Å². The second-order valence-corrected chi connectivity index (χ2v) is 8.50. The number of aliphatic hydroxyl groups is 1. The summed E-state index contributed by atoms with van der Waals surface area (Å²) in [4.78, 5) is 32.2. The minimum absolute atomic E-state index is 0.122. The number of carbonyl (C=O) groups is 2. The molecule has 2 amide bonds. The summed E-state index contributed by atoms with van der Waals surface area (Å²) in [7, 11) is 0. The minimum atomic E-state index is -1.35. The molecule has 5 rings (SSSR count). The van der Waals surface area contributed by atoms with Gasteiger partial charge in [0.1, 0.15) is 17.3 Å². The number of ether oxygens (including phenoxy) is 1. The second kappa shape index (κ2) is 7.22. The van der Waals surface area contributed by atoms with Crippen molar-refractivity contribution < 1.29 is 32.6 Å². The van der Waals surface area contributed by atoms with Gasteiger partial charge < -0.3 is 25.0 Å². The number of allylic oxidation sites excluding steroid dienone is 1. The average Bonchev–Trinajstić information content (AvgIpc) is 3.30. The first-order valence-corrected chi connectivity index (χ1v) is 10.4. The van der Waals surface area contributed by atoms with Gasteiger partial charge in [0, 0.05) is 24.3 Å². The lowest BCUT2D eigenvalue weighted by Gasteiger charge is -2.51. The van der Waals surface area contributed by atoms with Gasteiger partial charge in [-0.05, 0) is 26.2 Å². The summed E-state index contributed by atoms with van der Waals surface area (Å²) in [6.45, 7) is 1.73. The first kappa shape index (κ1) is 20.8. The fraction of sp³-hybridized carbons (Fsp3) is 0.476. The molecule has 0 bridgehead atoms. The third-order valence-corrected chi connectivity index (χ3v) is 6.60. The van der Waals surface area contributed by atoms with E-state index in [1.165, 1.54) is 6.20 Å². The van der Waals surface area contributed by atoms with Crippen LogP contribution in [0.5, 0.6) is 0 Å². The summed E-state index contributed by atoms with van der Waals surface area (Å²) in [5, 5.41) is 13.1. The van der Waals surface area contributed by atoms with Gasteiger partial charge in [0.25, 0.3) is 5.91 Å². The van der Waals surface area contributed by atoms with Gasteiger partial charge >= 0.3 is 0 Å². The van der Waals surface area contributed by atoms with E-state index in [1.54, 1.807) is 9.80 Å². The van der Waals surface area contributed by atoms with E-state index in [0.29, 0.717) is 25.5 Å². The van der Waals surface area contributed by atoms with Crippen LogP contribution in [0.2, 0.25) is 0 Å². The molecule has 1 aromatic heterocycles. The number of pyridine rings is 1. The molecule has 1 aromatic rings. The normalized spacial score (nSPS) is 29.0. The van der Waals surface area contributed by atoms with Crippen molar-refractivity contribution in [2.75, 3.05) is 6.61 Å². The number of amides is 2. The number of fused-ring (bicyclic) bond motifs is 2. The number of aliphatic hydroxyl groups excluding tert-OH is 1. The van der Waals surface area contributed by atoms with Crippen molar-refractivity contribution in [3.8, 4) is 0 Å². The van der Waals surface area contributed by atoms with Gasteiger partial charge in [0.05, 0.1) is 30.8 Å². The number of carbonyl (C=O) groups excluding carboxylic acids is 2. The standard InChI is InChI=1S/C21H21F3N4O4/c1-10-9-32-21-4-2-3-15(21)27-8-11(5-14(29)17(27)20(31)28(10)21)19(30)25-7-12-13(22)6-16(23)26-18(12)24/h6,8,10,15,29H,2-5,7,9H2,1H3,(H,25,30)/t10-,15+,21+/m1/s1. The maximum absolute atomic E-state index is 13.8. The molecule has 3 fully saturated rings. The van der Waals surface area contributed by atoms with Gasteiger partial charge in [-0.2, -0.15) is 13.8 Å². The molecule has 3 aliphatic heterocycles. The van der Waals surface area contributed by atoms with E-state index < -0.39 is 41.5 Å². The Hall–Kier alpha value is -3.08. The van der Waals surface area contributed by atoms with Crippen molar-refractivity contribution in [3.63, 3.8) is 0 Å². The molecular formula is C21H21F3N4O4. The highest BCUT2D eigenvalue weighted by molar-refractivity contribution is 5.99. The predicted molar refractivity (Wildman–Crippen MR) is 103 cm³/mol. The van der Waals surface area contributed by atoms with Gasteiger partial charge in [-0.3, -0.25) is 9.59 Å². The number of nitrogens with zero attached hydrogens (tertiary/aromatic N) is 3. The number of halogens is 3. The van der Waals surface area contributed by atoms with Crippen LogP contribution in [0, 0.1) is 17.7 Å². The molecule has 170 valence electrons. The lowest BCUT2D eigenvalue weighted by Crippen LogP contribution is -2.65. The third-order valence-electron chi connectivity index (χ3n) is 6.60. The molecule has 8 nitrogen and oxygen atoms in total. The van der Waals surface area contributed by atoms with E-state index in [1.807, 2.05) is 6.92 Å². The smallest absolute Gasteiger partial charge is 0.276 e. The Kier molecular flexibility index (Phi) is 4.70. The maximum atomic E-state index is 13.8. The van der Waals surface area contributed by atoms with Crippen LogP contribution in [0.3, 0.4) is 0 Å². The fourth-order valence-electron chi connectivity index (χ4n) is 5.25. The molecule has 1 saturated carbocycles. The van der Waals surface area contributed by atoms with E-state index in [4.69, 9.17) is 4.74 Å². The molecule has 0 unspecified atom stereocenters. The minimum Gasteiger partial charge on any atom is -0.510 e. The molecule has 4 heterocycles. The molecule has 0 aromatic carbocycles. The van der Waals surface area contributed by atoms with Gasteiger partial charge in [-0.1, -0.05) is 0 Å². The quantitative estimate of drug-likeness (QED) is 0.684. The third kappa shape index (κ3) is 2.90. The second-order valence-electron chi connectivity index (χ2n) is 8.50. The maximum Gasteiger partial charge on any atom is 0.276 e. The summed E-state index contributed by atoms with van der Waals surface area (Å²) in [6, 6.07) is 0.0355. The van der Waals surface area contributed by atoms with Crippen LogP contribution in [0.4, 0.5) is 13.2 Å². The molecular weight excluding hydrogens is 429 g/mol. The SMILES string of the molecule is C[C@@H]1CO[C@@]23CCC[C@@H]2N2C=C(C(=O)NCc4c(F)cc(F)nc4F)CC(O)=C2C(=O)N13. The van der Waals surface area contributed by atoms with Crippen molar-refractivity contribution in [3.05, 3.63) is 52.6 Å². The Morgan fingerprint density at radius 1 is 1.41 bits per heavy atom. The summed E-state index contributed by atoms with van der Waals surface area (Å²) in [5.74, 6) is -5.09. The monoisotopic (exact) mass is 450 g/mol. The van der Waals surface area contributed by atoms with Crippen LogP contribution >= 0.6 is 0 Å². The van der Waals surface area contributed by atoms with E-state index in [2.05, 4.69) is 10.3 Å². The van der Waals surface area contributed by atoms with Crippen molar-refractivity contribution in [1.29, 1.82) is 0 Å². The fourth-order valence-corrected chi connectivity index (χ4v) is 5.25. The highest BCUT2D eigenvalue weighted by Crippen LogP contribution is 2.50. The Morgan fingerprint density at radius 2 is 2.19 bits per heavy atom. The number of piperazine rings is 1. The van der Waals surface area contributed by atoms with Crippen LogP contribution in [0.25, 0.3) is 0 Å². The Balaban J connectivity index is 1.41. The van der Waals surface area contributed by atoms with Crippen molar-refractivity contribution in [1.82, 2.24) is 20.1 Å². The van der Waals surface area contributed by atoms with Gasteiger partial charge in [0.2, 0.25) is 17.8 Å². The van der Waals surface area contributed by atoms with Crippen LogP contribution in [0.1, 0.15) is 38.2 Å². The zero-order valence-corrected chi connectivity index (χ0v) is 17.2. The Morgan fingerprint density at radius 3 is 2.94 bits per heavy atom. The average molecular weight is 450 g/mol. The number of nitrogens with one attached hydrogen (secondary N) is 1. The van der Waals surface area contributed by atoms with E-state index in [-0.39, 0.29) is 41.4 Å². The number of hydrogen-bond acceptors (Lipinski definition) is 6. The van der Waals surface area contributed by atoms with Crippen molar-refractivity contribution >= 4 is 11.8 Å². The number of hydrogen-bond donors (Lipinski definition) is 2. The highest BCUT2D eigenvalue weighted by atomic mass is 19.1. The van der Waals surface area contributed by atoms with Crippen LogP contribution in [-0.2, 0) is 20.9 Å². The predicted octanol–water partition coefficient (Wildman–Crippen LogP) is 1.98. The first-order valence-electron chi connectivity index (χ1n) is 10.4. The highest BCUT2D eigenvalue weighted by Gasteiger charge is 2.63. The lowest BCUT2D eigenvalue weighted by molar-refractivity contribution is -0.167.